The highest BCUT2D eigenvalue weighted by Gasteiger charge is 2.26. The lowest BCUT2D eigenvalue weighted by molar-refractivity contribution is -0.142. The fourth-order valence-electron chi connectivity index (χ4n) is 3.06. The minimum Gasteiger partial charge on any atom is -0.481 e. The smallest absolute Gasteiger partial charge is 0.315 e. The van der Waals surface area contributed by atoms with E-state index in [1.807, 2.05) is 34.9 Å². The van der Waals surface area contributed by atoms with Crippen LogP contribution in [0.3, 0.4) is 0 Å². The molecule has 0 bridgehead atoms. The summed E-state index contributed by atoms with van der Waals surface area (Å²) >= 11 is 0. The number of aliphatic carboxylic acids is 1. The summed E-state index contributed by atoms with van der Waals surface area (Å²) in [6, 6.07) is 9.39. The summed E-state index contributed by atoms with van der Waals surface area (Å²) in [5, 5.41) is 22.6. The first-order chi connectivity index (χ1) is 12.1. The number of nitrogens with zero attached hydrogens (tertiary/aromatic N) is 3. The SMILES string of the molecule is O=C(NCc1nncn1-c1ccccc1)NC1CCC(C(=O)O)CC1. The summed E-state index contributed by atoms with van der Waals surface area (Å²) in [5.41, 5.74) is 0.928. The molecule has 25 heavy (non-hydrogen) atoms. The zero-order chi connectivity index (χ0) is 17.6. The second-order valence-electron chi connectivity index (χ2n) is 6.17. The van der Waals surface area contributed by atoms with Gasteiger partial charge in [-0.2, -0.15) is 0 Å². The van der Waals surface area contributed by atoms with Crippen molar-refractivity contribution in [3.63, 3.8) is 0 Å². The summed E-state index contributed by atoms with van der Waals surface area (Å²) in [6.45, 7) is 0.255. The summed E-state index contributed by atoms with van der Waals surface area (Å²) < 4.78 is 1.82. The lowest BCUT2D eigenvalue weighted by Crippen LogP contribution is -2.44. The van der Waals surface area contributed by atoms with Gasteiger partial charge >= 0.3 is 12.0 Å². The number of carboxylic acids is 1. The van der Waals surface area contributed by atoms with Crippen LogP contribution in [0.5, 0.6) is 0 Å². The molecule has 1 fully saturated rings. The van der Waals surface area contributed by atoms with Gasteiger partial charge in [0.05, 0.1) is 12.5 Å². The van der Waals surface area contributed by atoms with Gasteiger partial charge in [0.25, 0.3) is 0 Å². The number of urea groups is 1. The molecular formula is C17H21N5O3. The average Bonchev–Trinajstić information content (AvgIpc) is 3.10. The van der Waals surface area contributed by atoms with Gasteiger partial charge in [0, 0.05) is 11.7 Å². The number of benzene rings is 1. The zero-order valence-electron chi connectivity index (χ0n) is 13.8. The van der Waals surface area contributed by atoms with Crippen molar-refractivity contribution in [2.75, 3.05) is 0 Å². The Hall–Kier alpha value is -2.90. The van der Waals surface area contributed by atoms with Crippen LogP contribution in [-0.4, -0.2) is 37.9 Å². The Morgan fingerprint density at radius 1 is 1.16 bits per heavy atom. The second kappa shape index (κ2) is 7.78. The topological polar surface area (TPSA) is 109 Å². The Morgan fingerprint density at radius 2 is 1.88 bits per heavy atom. The van der Waals surface area contributed by atoms with Gasteiger partial charge in [-0.15, -0.1) is 10.2 Å². The van der Waals surface area contributed by atoms with E-state index in [1.165, 1.54) is 0 Å². The maximum absolute atomic E-state index is 12.1. The van der Waals surface area contributed by atoms with Crippen molar-refractivity contribution in [3.8, 4) is 5.69 Å². The van der Waals surface area contributed by atoms with Crippen LogP contribution in [0.1, 0.15) is 31.5 Å². The van der Waals surface area contributed by atoms with Gasteiger partial charge in [-0.05, 0) is 37.8 Å². The third-order valence-corrected chi connectivity index (χ3v) is 4.47. The van der Waals surface area contributed by atoms with Crippen LogP contribution in [0.15, 0.2) is 36.7 Å². The molecule has 0 atom stereocenters. The number of carbonyl (C=O) groups is 2. The van der Waals surface area contributed by atoms with Crippen LogP contribution in [0.25, 0.3) is 5.69 Å². The van der Waals surface area contributed by atoms with E-state index in [-0.39, 0.29) is 24.5 Å². The van der Waals surface area contributed by atoms with E-state index >= 15 is 0 Å². The number of hydrogen-bond donors (Lipinski definition) is 3. The molecule has 2 amide bonds. The number of para-hydroxylation sites is 1. The number of aromatic nitrogens is 3. The van der Waals surface area contributed by atoms with Gasteiger partial charge in [-0.1, -0.05) is 18.2 Å². The summed E-state index contributed by atoms with van der Waals surface area (Å²) in [4.78, 5) is 23.0. The molecule has 132 valence electrons. The summed E-state index contributed by atoms with van der Waals surface area (Å²) in [7, 11) is 0. The molecule has 1 aromatic carbocycles. The minimum atomic E-state index is -0.747. The molecule has 0 unspecified atom stereocenters. The van der Waals surface area contributed by atoms with E-state index in [9.17, 15) is 9.59 Å². The number of carboxylic acid groups (broad SMARTS) is 1. The molecule has 1 aliphatic carbocycles. The van der Waals surface area contributed by atoms with Crippen molar-refractivity contribution >= 4 is 12.0 Å². The summed E-state index contributed by atoms with van der Waals surface area (Å²) in [5.74, 6) is -0.398. The van der Waals surface area contributed by atoms with Crippen LogP contribution in [0.4, 0.5) is 4.79 Å². The van der Waals surface area contributed by atoms with Crippen molar-refractivity contribution in [3.05, 3.63) is 42.5 Å². The molecule has 1 saturated carbocycles. The predicted octanol–water partition coefficient (Wildman–Crippen LogP) is 1.71. The fraction of sp³-hybridized carbons (Fsp3) is 0.412. The maximum Gasteiger partial charge on any atom is 0.315 e. The van der Waals surface area contributed by atoms with Crippen LogP contribution in [0, 0.1) is 5.92 Å². The molecule has 0 aliphatic heterocycles. The van der Waals surface area contributed by atoms with E-state index in [0.29, 0.717) is 31.5 Å². The molecule has 1 aliphatic rings. The van der Waals surface area contributed by atoms with Crippen molar-refractivity contribution in [2.24, 2.45) is 5.92 Å². The van der Waals surface area contributed by atoms with E-state index < -0.39 is 5.97 Å². The van der Waals surface area contributed by atoms with E-state index in [0.717, 1.165) is 5.69 Å². The van der Waals surface area contributed by atoms with Crippen molar-refractivity contribution < 1.29 is 14.7 Å². The second-order valence-corrected chi connectivity index (χ2v) is 6.17. The third-order valence-electron chi connectivity index (χ3n) is 4.47. The fourth-order valence-corrected chi connectivity index (χ4v) is 3.06. The third kappa shape index (κ3) is 4.34. The van der Waals surface area contributed by atoms with Crippen LogP contribution >= 0.6 is 0 Å². The molecule has 8 nitrogen and oxygen atoms in total. The first kappa shape index (κ1) is 16.9. The lowest BCUT2D eigenvalue weighted by Gasteiger charge is -2.26. The Kier molecular flexibility index (Phi) is 5.27. The number of rotatable bonds is 5. The van der Waals surface area contributed by atoms with Gasteiger partial charge in [-0.25, -0.2) is 4.79 Å². The molecule has 8 heteroatoms. The minimum absolute atomic E-state index is 0.0163. The molecule has 0 saturated heterocycles. The normalized spacial score (nSPS) is 20.0. The molecule has 0 radical (unpaired) electrons. The Balaban J connectivity index is 1.49. The standard InChI is InChI=1S/C17H21N5O3/c23-16(24)12-6-8-13(9-7-12)20-17(25)18-10-15-21-19-11-22(15)14-4-2-1-3-5-14/h1-5,11-13H,6-10H2,(H,23,24)(H2,18,20,25). The molecule has 0 spiro atoms. The van der Waals surface area contributed by atoms with Crippen LogP contribution < -0.4 is 10.6 Å². The lowest BCUT2D eigenvalue weighted by atomic mass is 9.86. The van der Waals surface area contributed by atoms with Gasteiger partial charge in [-0.3, -0.25) is 9.36 Å². The Labute approximate surface area is 145 Å². The van der Waals surface area contributed by atoms with Crippen LogP contribution in [0.2, 0.25) is 0 Å². The highest BCUT2D eigenvalue weighted by atomic mass is 16.4. The molecule has 1 heterocycles. The molecule has 1 aromatic heterocycles. The Bertz CT molecular complexity index is 723. The number of carbonyl (C=O) groups excluding carboxylic acids is 1. The number of nitrogens with one attached hydrogen (secondary N) is 2. The largest absolute Gasteiger partial charge is 0.481 e. The van der Waals surface area contributed by atoms with E-state index in [4.69, 9.17) is 5.11 Å². The molecule has 3 N–H and O–H groups in total. The zero-order valence-corrected chi connectivity index (χ0v) is 13.8. The quantitative estimate of drug-likeness (QED) is 0.766. The first-order valence-corrected chi connectivity index (χ1v) is 8.35. The highest BCUT2D eigenvalue weighted by molar-refractivity contribution is 5.74. The van der Waals surface area contributed by atoms with Gasteiger partial charge < -0.3 is 15.7 Å². The monoisotopic (exact) mass is 343 g/mol. The van der Waals surface area contributed by atoms with Gasteiger partial charge in [0.1, 0.15) is 6.33 Å². The Morgan fingerprint density at radius 3 is 2.56 bits per heavy atom. The van der Waals surface area contributed by atoms with Crippen LogP contribution in [-0.2, 0) is 11.3 Å². The number of hydrogen-bond acceptors (Lipinski definition) is 4. The van der Waals surface area contributed by atoms with E-state index in [2.05, 4.69) is 20.8 Å². The van der Waals surface area contributed by atoms with Gasteiger partial charge in [0.15, 0.2) is 5.82 Å². The van der Waals surface area contributed by atoms with Gasteiger partial charge in [0.2, 0.25) is 0 Å². The molecule has 3 rings (SSSR count). The number of amides is 2. The summed E-state index contributed by atoms with van der Waals surface area (Å²) in [6.07, 6.45) is 4.18. The molecular weight excluding hydrogens is 322 g/mol. The average molecular weight is 343 g/mol. The maximum atomic E-state index is 12.1. The molecule has 2 aromatic rings. The van der Waals surface area contributed by atoms with Crippen molar-refractivity contribution in [1.82, 2.24) is 25.4 Å². The van der Waals surface area contributed by atoms with Crippen molar-refractivity contribution in [2.45, 2.75) is 38.3 Å². The van der Waals surface area contributed by atoms with Crippen molar-refractivity contribution in [1.29, 1.82) is 0 Å². The van der Waals surface area contributed by atoms with E-state index in [1.54, 1.807) is 6.33 Å². The highest BCUT2D eigenvalue weighted by Crippen LogP contribution is 2.24. The predicted molar refractivity (Wildman–Crippen MR) is 90.1 cm³/mol. The first-order valence-electron chi connectivity index (χ1n) is 8.35.